The summed E-state index contributed by atoms with van der Waals surface area (Å²) < 4.78 is 26.7. The molecule has 1 aliphatic rings. The number of rotatable bonds is 9. The van der Waals surface area contributed by atoms with Gasteiger partial charge in [0.05, 0.1) is 17.6 Å². The molecule has 0 bridgehead atoms. The van der Waals surface area contributed by atoms with E-state index in [1.807, 2.05) is 12.1 Å². The summed E-state index contributed by atoms with van der Waals surface area (Å²) in [5.41, 5.74) is 2.81. The van der Waals surface area contributed by atoms with Crippen molar-refractivity contribution in [3.8, 4) is 10.4 Å². The van der Waals surface area contributed by atoms with E-state index >= 15 is 0 Å². The number of carbonyl (C=O) groups excluding carboxylic acids is 1. The van der Waals surface area contributed by atoms with Gasteiger partial charge in [0.1, 0.15) is 18.0 Å². The van der Waals surface area contributed by atoms with Crippen molar-refractivity contribution in [2.24, 2.45) is 0 Å². The van der Waals surface area contributed by atoms with E-state index in [9.17, 15) is 13.6 Å². The van der Waals surface area contributed by atoms with E-state index in [1.54, 1.807) is 36.0 Å². The summed E-state index contributed by atoms with van der Waals surface area (Å²) in [6.45, 7) is 0.545. The second-order valence-electron chi connectivity index (χ2n) is 9.32. The molecule has 0 atom stereocenters. The van der Waals surface area contributed by atoms with E-state index in [0.29, 0.717) is 29.5 Å². The van der Waals surface area contributed by atoms with Gasteiger partial charge in [-0.05, 0) is 72.5 Å². The molecule has 0 saturated heterocycles. The summed E-state index contributed by atoms with van der Waals surface area (Å²) in [6, 6.07) is 17.7. The van der Waals surface area contributed by atoms with Crippen LogP contribution in [0.2, 0.25) is 0 Å². The van der Waals surface area contributed by atoms with Crippen LogP contribution in [0.3, 0.4) is 0 Å². The van der Waals surface area contributed by atoms with E-state index in [4.69, 9.17) is 0 Å². The number of aromatic nitrogens is 3. The standard InChI is InChI=1S/C29H24F2N6OS/c30-23-8-3-17(12-24(23)31)14-34-29(38)21-2-1-11-32-27(21)33-15-20-7-10-26(39-20)18-4-9-25-22(13-18)28(36-16-35-25)37-19-5-6-19/h1-4,7-13,16,19H,5-6,14-15H2,(H,32,33)(H,34,38)(H,35,36,37). The molecule has 196 valence electrons. The molecule has 1 fully saturated rings. The fourth-order valence-electron chi connectivity index (χ4n) is 4.20. The lowest BCUT2D eigenvalue weighted by Crippen LogP contribution is -2.24. The number of hydrogen-bond acceptors (Lipinski definition) is 7. The van der Waals surface area contributed by atoms with E-state index in [2.05, 4.69) is 49.1 Å². The molecule has 7 nitrogen and oxygen atoms in total. The van der Waals surface area contributed by atoms with Gasteiger partial charge in [0.15, 0.2) is 11.6 Å². The van der Waals surface area contributed by atoms with Gasteiger partial charge in [-0.1, -0.05) is 12.1 Å². The average molecular weight is 543 g/mol. The maximum Gasteiger partial charge on any atom is 0.255 e. The van der Waals surface area contributed by atoms with Gasteiger partial charge in [0.2, 0.25) is 0 Å². The van der Waals surface area contributed by atoms with Crippen LogP contribution in [0, 0.1) is 11.6 Å². The molecular formula is C29H24F2N6OS. The Labute approximate surface area is 227 Å². The van der Waals surface area contributed by atoms with Gasteiger partial charge < -0.3 is 16.0 Å². The van der Waals surface area contributed by atoms with Crippen molar-refractivity contribution in [2.45, 2.75) is 32.0 Å². The summed E-state index contributed by atoms with van der Waals surface area (Å²) >= 11 is 1.65. The number of carbonyl (C=O) groups is 1. The fraction of sp³-hybridized carbons (Fsp3) is 0.172. The molecule has 10 heteroatoms. The summed E-state index contributed by atoms with van der Waals surface area (Å²) in [5, 5.41) is 10.5. The van der Waals surface area contributed by atoms with Gasteiger partial charge in [0.25, 0.3) is 5.91 Å². The third-order valence-corrected chi connectivity index (χ3v) is 7.55. The maximum absolute atomic E-state index is 13.5. The minimum Gasteiger partial charge on any atom is -0.367 e. The number of pyridine rings is 1. The van der Waals surface area contributed by atoms with Gasteiger partial charge in [-0.15, -0.1) is 11.3 Å². The Morgan fingerprint density at radius 2 is 1.82 bits per heavy atom. The molecule has 2 aromatic carbocycles. The Balaban J connectivity index is 1.13. The number of nitrogens with one attached hydrogen (secondary N) is 3. The van der Waals surface area contributed by atoms with Crippen LogP contribution in [0.5, 0.6) is 0 Å². The molecule has 3 aromatic heterocycles. The Hall–Kier alpha value is -4.44. The number of amides is 1. The molecule has 0 aliphatic heterocycles. The highest BCUT2D eigenvalue weighted by Crippen LogP contribution is 2.33. The van der Waals surface area contributed by atoms with Gasteiger partial charge in [-0.3, -0.25) is 4.79 Å². The van der Waals surface area contributed by atoms with Crippen LogP contribution < -0.4 is 16.0 Å². The molecule has 5 aromatic rings. The first-order valence-electron chi connectivity index (χ1n) is 12.5. The lowest BCUT2D eigenvalue weighted by molar-refractivity contribution is 0.0951. The first-order chi connectivity index (χ1) is 19.0. The second kappa shape index (κ2) is 10.7. The van der Waals surface area contributed by atoms with Crippen LogP contribution in [0.4, 0.5) is 20.4 Å². The van der Waals surface area contributed by atoms with Gasteiger partial charge in [-0.25, -0.2) is 23.7 Å². The number of halogens is 2. The van der Waals surface area contributed by atoms with Crippen molar-refractivity contribution in [2.75, 3.05) is 10.6 Å². The molecule has 0 spiro atoms. The molecule has 1 aliphatic carbocycles. The zero-order valence-corrected chi connectivity index (χ0v) is 21.6. The van der Waals surface area contributed by atoms with Crippen molar-refractivity contribution in [1.82, 2.24) is 20.3 Å². The SMILES string of the molecule is O=C(NCc1ccc(F)c(F)c1)c1cccnc1NCc1ccc(-c2ccc3ncnc(NC4CC4)c3c2)s1. The van der Waals surface area contributed by atoms with Gasteiger partial charge >= 0.3 is 0 Å². The molecule has 1 saturated carbocycles. The Kier molecular flexibility index (Phi) is 6.85. The molecule has 3 N–H and O–H groups in total. The Bertz CT molecular complexity index is 1670. The van der Waals surface area contributed by atoms with Gasteiger partial charge in [0, 0.05) is 33.9 Å². The summed E-state index contributed by atoms with van der Waals surface area (Å²) in [6.07, 6.45) is 5.54. The highest BCUT2D eigenvalue weighted by Gasteiger charge is 2.22. The van der Waals surface area contributed by atoms with Crippen LogP contribution in [0.1, 0.15) is 33.6 Å². The summed E-state index contributed by atoms with van der Waals surface area (Å²) in [5.74, 6) is -0.933. The van der Waals surface area contributed by atoms with Crippen molar-refractivity contribution in [1.29, 1.82) is 0 Å². The topological polar surface area (TPSA) is 91.8 Å². The molecule has 3 heterocycles. The summed E-state index contributed by atoms with van der Waals surface area (Å²) in [7, 11) is 0. The van der Waals surface area contributed by atoms with E-state index in [0.717, 1.165) is 44.2 Å². The van der Waals surface area contributed by atoms with Crippen LogP contribution in [-0.4, -0.2) is 26.9 Å². The Morgan fingerprint density at radius 3 is 2.67 bits per heavy atom. The minimum atomic E-state index is -0.951. The van der Waals surface area contributed by atoms with E-state index in [-0.39, 0.29) is 12.5 Å². The van der Waals surface area contributed by atoms with E-state index < -0.39 is 11.6 Å². The molecular weight excluding hydrogens is 518 g/mol. The monoisotopic (exact) mass is 542 g/mol. The number of nitrogens with zero attached hydrogens (tertiary/aromatic N) is 3. The predicted molar refractivity (Wildman–Crippen MR) is 149 cm³/mol. The highest BCUT2D eigenvalue weighted by molar-refractivity contribution is 7.15. The number of fused-ring (bicyclic) bond motifs is 1. The van der Waals surface area contributed by atoms with Crippen molar-refractivity contribution in [3.63, 3.8) is 0 Å². The van der Waals surface area contributed by atoms with Crippen LogP contribution in [0.25, 0.3) is 21.3 Å². The maximum atomic E-state index is 13.5. The number of benzene rings is 2. The number of hydrogen-bond donors (Lipinski definition) is 3. The molecule has 0 radical (unpaired) electrons. The molecule has 0 unspecified atom stereocenters. The lowest BCUT2D eigenvalue weighted by Gasteiger charge is -2.11. The predicted octanol–water partition coefficient (Wildman–Crippen LogP) is 6.15. The third-order valence-electron chi connectivity index (χ3n) is 6.42. The number of anilines is 2. The number of thiophene rings is 1. The van der Waals surface area contributed by atoms with Crippen molar-refractivity contribution >= 4 is 39.8 Å². The zero-order chi connectivity index (χ0) is 26.8. The fourth-order valence-corrected chi connectivity index (χ4v) is 5.15. The lowest BCUT2D eigenvalue weighted by atomic mass is 10.1. The smallest absolute Gasteiger partial charge is 0.255 e. The average Bonchev–Trinajstić information content (AvgIpc) is 3.65. The van der Waals surface area contributed by atoms with Gasteiger partial charge in [-0.2, -0.15) is 0 Å². The highest BCUT2D eigenvalue weighted by atomic mass is 32.1. The summed E-state index contributed by atoms with van der Waals surface area (Å²) in [4.78, 5) is 28.2. The van der Waals surface area contributed by atoms with Crippen molar-refractivity contribution in [3.05, 3.63) is 101 Å². The largest absolute Gasteiger partial charge is 0.367 e. The quantitative estimate of drug-likeness (QED) is 0.207. The van der Waals surface area contributed by atoms with Crippen molar-refractivity contribution < 1.29 is 13.6 Å². The van der Waals surface area contributed by atoms with Crippen LogP contribution >= 0.6 is 11.3 Å². The zero-order valence-electron chi connectivity index (χ0n) is 20.7. The third kappa shape index (κ3) is 5.70. The first-order valence-corrected chi connectivity index (χ1v) is 13.4. The Morgan fingerprint density at radius 1 is 0.923 bits per heavy atom. The second-order valence-corrected chi connectivity index (χ2v) is 10.5. The molecule has 39 heavy (non-hydrogen) atoms. The minimum absolute atomic E-state index is 0.0628. The first kappa shape index (κ1) is 24.9. The molecule has 6 rings (SSSR count). The van der Waals surface area contributed by atoms with E-state index in [1.165, 1.54) is 18.9 Å². The molecule has 1 amide bonds. The van der Waals surface area contributed by atoms with Crippen LogP contribution in [0.15, 0.2) is 73.2 Å². The van der Waals surface area contributed by atoms with Crippen LogP contribution in [-0.2, 0) is 13.1 Å². The normalized spacial score (nSPS) is 12.9.